The molecule has 0 fully saturated rings. The van der Waals surface area contributed by atoms with E-state index in [0.717, 1.165) is 19.6 Å². The zero-order valence-corrected chi connectivity index (χ0v) is 50.0. The summed E-state index contributed by atoms with van der Waals surface area (Å²) in [4.78, 5) is 0. The molecular weight excluding hydrogens is 1470 g/mol. The predicted molar refractivity (Wildman–Crippen MR) is 246 cm³/mol. The largest absolute Gasteiger partial charge is 1.00 e. The van der Waals surface area contributed by atoms with Crippen LogP contribution in [0.1, 0.15) is 92.2 Å². The van der Waals surface area contributed by atoms with E-state index in [1.165, 1.54) is 0 Å². The number of amidine groups is 2. The van der Waals surface area contributed by atoms with Crippen molar-refractivity contribution in [3.05, 3.63) is 52.5 Å². The summed E-state index contributed by atoms with van der Waals surface area (Å²) >= 11 is 0. The second-order valence-corrected chi connectivity index (χ2v) is 20.3. The molecule has 0 saturated carbocycles. The molecular formula is C42H62Cu3F24N9O12. The number of aromatic nitrogens is 4. The molecule has 2 aliphatic heterocycles. The predicted octanol–water partition coefficient (Wildman–Crippen LogP) is 7.48. The first-order chi connectivity index (χ1) is 37.6. The maximum atomic E-state index is 12.3. The first-order valence-electron chi connectivity index (χ1n) is 23.2. The fraction of sp³-hybridized carbons (Fsp3) is 0.810. The van der Waals surface area contributed by atoms with Gasteiger partial charge in [0.15, 0.2) is 59.9 Å². The fourth-order valence-corrected chi connectivity index (χ4v) is 5.71. The third-order valence-corrected chi connectivity index (χ3v) is 12.6. The number of nitrogens with zero attached hydrogens (tertiary/aromatic N) is 8. The molecule has 21 nitrogen and oxygen atoms in total. The van der Waals surface area contributed by atoms with Crippen molar-refractivity contribution >= 4 is 11.7 Å². The Hall–Kier alpha value is -3.60. The minimum Gasteiger partial charge on any atom is -0.714 e. The van der Waals surface area contributed by atoms with Crippen molar-refractivity contribution in [3.8, 4) is 0 Å². The van der Waals surface area contributed by atoms with Crippen LogP contribution in [0.3, 0.4) is 0 Å². The Morgan fingerprint density at radius 3 is 0.622 bits per heavy atom. The molecule has 2 aromatic rings. The quantitative estimate of drug-likeness (QED) is 0.0477. The molecule has 48 heteroatoms. The summed E-state index contributed by atoms with van der Waals surface area (Å²) in [5.74, 6) is 0.487. The van der Waals surface area contributed by atoms with Gasteiger partial charge in [0.05, 0.1) is 12.4 Å². The Morgan fingerprint density at radius 2 is 0.533 bits per heavy atom. The van der Waals surface area contributed by atoms with Crippen LogP contribution < -0.4 is 0 Å². The maximum Gasteiger partial charge on any atom is 1.00 e. The van der Waals surface area contributed by atoms with Gasteiger partial charge in [-0.25, -0.2) is 10.4 Å². The maximum absolute atomic E-state index is 12.3. The number of aliphatic hydroxyl groups is 8. The van der Waals surface area contributed by atoms with E-state index >= 15 is 0 Å². The first-order valence-corrected chi connectivity index (χ1v) is 23.2. The number of hydroxylamine groups is 6. The molecule has 0 bridgehead atoms. The second kappa shape index (κ2) is 34.7. The van der Waals surface area contributed by atoms with Crippen molar-refractivity contribution in [3.63, 3.8) is 0 Å². The Labute approximate surface area is 525 Å². The molecule has 2 radical (unpaired) electrons. The van der Waals surface area contributed by atoms with Crippen molar-refractivity contribution in [1.82, 2.24) is 29.7 Å². The summed E-state index contributed by atoms with van der Waals surface area (Å²) in [6.07, 6.45) is -67.1. The van der Waals surface area contributed by atoms with Crippen LogP contribution in [-0.2, 0) is 65.3 Å². The van der Waals surface area contributed by atoms with E-state index in [1.54, 1.807) is 48.2 Å². The molecule has 8 unspecified atom stereocenters. The summed E-state index contributed by atoms with van der Waals surface area (Å²) in [6, 6.07) is 0. The normalized spacial score (nSPS) is 19.1. The number of aliphatic hydroxyl groups excluding tert-OH is 8. The van der Waals surface area contributed by atoms with E-state index in [0.29, 0.717) is 11.1 Å². The third kappa shape index (κ3) is 28.2. The van der Waals surface area contributed by atoms with Gasteiger partial charge in [0.1, 0.15) is 22.2 Å². The molecule has 0 spiro atoms. The van der Waals surface area contributed by atoms with Crippen molar-refractivity contribution < 1.29 is 217 Å². The number of hydrogen-bond acceptors (Lipinski definition) is 16. The van der Waals surface area contributed by atoms with Crippen molar-refractivity contribution in [2.75, 3.05) is 0 Å². The van der Waals surface area contributed by atoms with Gasteiger partial charge in [0, 0.05) is 86.3 Å². The zero-order chi connectivity index (χ0) is 69.5. The Bertz CT molecular complexity index is 2170. The van der Waals surface area contributed by atoms with Crippen LogP contribution in [0, 0.1) is 10.4 Å². The van der Waals surface area contributed by atoms with E-state index in [-0.39, 0.29) is 69.0 Å². The van der Waals surface area contributed by atoms with Crippen LogP contribution >= 0.6 is 0 Å². The second-order valence-electron chi connectivity index (χ2n) is 20.3. The van der Waals surface area contributed by atoms with Gasteiger partial charge in [-0.05, 0) is 55.4 Å². The summed E-state index contributed by atoms with van der Waals surface area (Å²) < 4.78 is 280. The van der Waals surface area contributed by atoms with Gasteiger partial charge in [-0.2, -0.15) is 116 Å². The van der Waals surface area contributed by atoms with E-state index in [2.05, 4.69) is 10.2 Å². The number of hydrogen-bond donors (Lipinski definition) is 10. The Balaban J connectivity index is -0.000000234. The van der Waals surface area contributed by atoms with Gasteiger partial charge in [-0.1, -0.05) is 0 Å². The van der Waals surface area contributed by atoms with Crippen LogP contribution in [-0.4, -0.2) is 223 Å². The molecule has 4 rings (SSSR count). The van der Waals surface area contributed by atoms with Crippen LogP contribution in [0.25, 0.3) is 6.15 Å². The zero-order valence-electron chi connectivity index (χ0n) is 47.2. The smallest absolute Gasteiger partial charge is 0.714 e. The topological polar surface area (TPSA) is 330 Å². The molecule has 0 saturated heterocycles. The number of halogens is 24. The minimum atomic E-state index is -5.15. The van der Waals surface area contributed by atoms with E-state index in [4.69, 9.17) is 40.9 Å². The SMILES string of the molecule is Cn1cc(C2=[N+]([O-])C(C)(C)C(C)(C)N2O)cn1.Cn1cc(C2=[N+]([O-])C(C)(C)C(C)(C)N2O)cn1.OC(CC(O)C(F)(F)F)C(F)(F)F.OC(CC(O)C(F)(F)F)C(F)(F)F.OC(CC(O)C(F)(F)F)C(F)(F)F.OC(CC(O)C(F)(F)F)C(F)(F)F.[Cu+].[Cu].[Cu].[NH2-]. The average molecular weight is 1530 g/mol. The molecule has 12 N–H and O–H groups in total. The summed E-state index contributed by atoms with van der Waals surface area (Å²) in [5, 5.41) is 120. The minimum absolute atomic E-state index is 0. The molecule has 0 aromatic carbocycles. The molecule has 90 heavy (non-hydrogen) atoms. The van der Waals surface area contributed by atoms with Crippen LogP contribution in [0.15, 0.2) is 24.8 Å². The van der Waals surface area contributed by atoms with Crippen molar-refractivity contribution in [2.45, 2.75) is 201 Å². The molecule has 0 amide bonds. The molecule has 2 aliphatic rings. The molecule has 2 aromatic heterocycles. The van der Waals surface area contributed by atoms with Crippen LogP contribution in [0.2, 0.25) is 0 Å². The number of rotatable bonds is 10. The first kappa shape index (κ1) is 97.5. The van der Waals surface area contributed by atoms with Gasteiger partial charge in [-0.15, -0.1) is 10.1 Å². The number of nitrogens with two attached hydrogens (primary N) is 1. The molecule has 548 valence electrons. The van der Waals surface area contributed by atoms with E-state index in [1.807, 2.05) is 55.4 Å². The van der Waals surface area contributed by atoms with Gasteiger partial charge in [0.2, 0.25) is 0 Å². The molecule has 4 heterocycles. The Morgan fingerprint density at radius 1 is 0.389 bits per heavy atom. The van der Waals surface area contributed by atoms with E-state index in [9.17, 15) is 126 Å². The van der Waals surface area contributed by atoms with Crippen molar-refractivity contribution in [2.24, 2.45) is 14.1 Å². The standard InChI is InChI=1S/2C11H18N4O2.4C5H6F6O2.3Cu.H2N/c2*1-10(2)11(3,4)15(17)9(14(10)16)8-6-12-13(5)7-8;4*6-4(7,8)2(12)1-3(13)5(9,10)11;;;;/h2*6-7,16H,1-5H3;4*2-3,12-13H,1H2;;;;1H2/q;;;;;;;;+1;-1. The fourth-order valence-electron chi connectivity index (χ4n) is 5.71. The monoisotopic (exact) mass is 1530 g/mol. The number of alkyl halides is 24. The van der Waals surface area contributed by atoms with E-state index < -0.39 is 146 Å². The van der Waals surface area contributed by atoms with Gasteiger partial charge in [0.25, 0.3) is 0 Å². The van der Waals surface area contributed by atoms with Gasteiger partial charge in [-0.3, -0.25) is 18.8 Å². The molecule has 8 atom stereocenters. The third-order valence-electron chi connectivity index (χ3n) is 12.6. The summed E-state index contributed by atoms with van der Waals surface area (Å²) in [7, 11) is 3.54. The van der Waals surface area contributed by atoms with Gasteiger partial charge >= 0.3 is 78.2 Å². The molecule has 0 aliphatic carbocycles. The number of aryl methyl sites for hydroxylation is 2. The average Bonchev–Trinajstić information content (AvgIpc) is 3.98. The Kier molecular flexibility index (Phi) is 37.6. The van der Waals surface area contributed by atoms with Crippen LogP contribution in [0.4, 0.5) is 105 Å². The van der Waals surface area contributed by atoms with Gasteiger partial charge < -0.3 is 57.4 Å². The summed E-state index contributed by atoms with van der Waals surface area (Å²) in [5.41, 5.74) is -1.54. The van der Waals surface area contributed by atoms with Crippen molar-refractivity contribution in [1.29, 1.82) is 0 Å². The van der Waals surface area contributed by atoms with Crippen LogP contribution in [0.5, 0.6) is 0 Å². The summed E-state index contributed by atoms with van der Waals surface area (Å²) in [6.45, 7) is 14.6.